The van der Waals surface area contributed by atoms with Crippen LogP contribution in [0.25, 0.3) is 0 Å². The molecular weight excluding hydrogens is 152 g/mol. The molecule has 0 saturated carbocycles. The summed E-state index contributed by atoms with van der Waals surface area (Å²) in [7, 11) is 3.82. The molecule has 1 aromatic rings. The minimum atomic E-state index is 0.304. The zero-order valence-electron chi connectivity index (χ0n) is 8.07. The molecule has 4 nitrogen and oxygen atoms in total. The molecule has 12 heavy (non-hydrogen) atoms. The van der Waals surface area contributed by atoms with Gasteiger partial charge in [0.25, 0.3) is 0 Å². The lowest BCUT2D eigenvalue weighted by atomic mass is 10.0. The maximum absolute atomic E-state index is 4.06. The SMILES string of the molecule is CNC(c1cn(C)nn1)C(C)C. The van der Waals surface area contributed by atoms with E-state index >= 15 is 0 Å². The zero-order valence-corrected chi connectivity index (χ0v) is 8.07. The number of nitrogens with zero attached hydrogens (tertiary/aromatic N) is 3. The first-order chi connectivity index (χ1) is 5.65. The average molecular weight is 168 g/mol. The van der Waals surface area contributed by atoms with E-state index in [1.165, 1.54) is 0 Å². The lowest BCUT2D eigenvalue weighted by Crippen LogP contribution is -2.22. The van der Waals surface area contributed by atoms with E-state index in [0.29, 0.717) is 12.0 Å². The van der Waals surface area contributed by atoms with Gasteiger partial charge in [0.15, 0.2) is 0 Å². The molecule has 0 bridgehead atoms. The van der Waals surface area contributed by atoms with E-state index in [1.54, 1.807) is 4.68 Å². The second-order valence-corrected chi connectivity index (χ2v) is 3.33. The first-order valence-electron chi connectivity index (χ1n) is 4.18. The van der Waals surface area contributed by atoms with Crippen LogP contribution in [-0.2, 0) is 7.05 Å². The zero-order chi connectivity index (χ0) is 9.14. The summed E-state index contributed by atoms with van der Waals surface area (Å²) >= 11 is 0. The molecule has 0 aliphatic heterocycles. The fraction of sp³-hybridized carbons (Fsp3) is 0.750. The summed E-state index contributed by atoms with van der Waals surface area (Å²) in [6.07, 6.45) is 1.95. The molecule has 1 aromatic heterocycles. The highest BCUT2D eigenvalue weighted by Crippen LogP contribution is 2.17. The highest BCUT2D eigenvalue weighted by Gasteiger charge is 2.15. The number of hydrogen-bond acceptors (Lipinski definition) is 3. The van der Waals surface area contributed by atoms with Gasteiger partial charge in [-0.15, -0.1) is 5.10 Å². The molecule has 0 aliphatic carbocycles. The van der Waals surface area contributed by atoms with E-state index in [4.69, 9.17) is 0 Å². The standard InChI is InChI=1S/C8H16N4/c1-6(2)8(9-3)7-5-12(4)11-10-7/h5-6,8-9H,1-4H3. The Bertz CT molecular complexity index is 241. The average Bonchev–Trinajstić information content (AvgIpc) is 2.37. The molecule has 0 spiro atoms. The van der Waals surface area contributed by atoms with Gasteiger partial charge in [-0.3, -0.25) is 4.68 Å². The van der Waals surface area contributed by atoms with Crippen LogP contribution >= 0.6 is 0 Å². The third-order valence-electron chi connectivity index (χ3n) is 1.92. The summed E-state index contributed by atoms with van der Waals surface area (Å²) in [5, 5.41) is 11.2. The van der Waals surface area contributed by atoms with Gasteiger partial charge in [0.05, 0.1) is 11.7 Å². The van der Waals surface area contributed by atoms with Gasteiger partial charge in [-0.05, 0) is 13.0 Å². The third kappa shape index (κ3) is 1.82. The predicted molar refractivity (Wildman–Crippen MR) is 47.6 cm³/mol. The van der Waals surface area contributed by atoms with Crippen molar-refractivity contribution in [3.63, 3.8) is 0 Å². The summed E-state index contributed by atoms with van der Waals surface area (Å²) in [5.41, 5.74) is 1.01. The molecule has 0 radical (unpaired) electrons. The molecule has 1 unspecified atom stereocenters. The molecule has 1 atom stereocenters. The summed E-state index contributed by atoms with van der Waals surface area (Å²) in [4.78, 5) is 0. The largest absolute Gasteiger partial charge is 0.311 e. The van der Waals surface area contributed by atoms with Crippen molar-refractivity contribution >= 4 is 0 Å². The topological polar surface area (TPSA) is 42.7 Å². The lowest BCUT2D eigenvalue weighted by Gasteiger charge is -2.16. The molecule has 0 aliphatic rings. The van der Waals surface area contributed by atoms with Crippen molar-refractivity contribution in [2.75, 3.05) is 7.05 Å². The van der Waals surface area contributed by atoms with E-state index in [9.17, 15) is 0 Å². The van der Waals surface area contributed by atoms with Crippen LogP contribution < -0.4 is 5.32 Å². The van der Waals surface area contributed by atoms with E-state index in [1.807, 2.05) is 20.3 Å². The van der Waals surface area contributed by atoms with Crippen molar-refractivity contribution < 1.29 is 0 Å². The lowest BCUT2D eigenvalue weighted by molar-refractivity contribution is 0.433. The Morgan fingerprint density at radius 2 is 2.17 bits per heavy atom. The van der Waals surface area contributed by atoms with E-state index < -0.39 is 0 Å². The van der Waals surface area contributed by atoms with Crippen molar-refractivity contribution in [1.82, 2.24) is 20.3 Å². The van der Waals surface area contributed by atoms with Crippen molar-refractivity contribution in [1.29, 1.82) is 0 Å². The summed E-state index contributed by atoms with van der Waals surface area (Å²) in [5.74, 6) is 0.534. The summed E-state index contributed by atoms with van der Waals surface area (Å²) in [6, 6.07) is 0.304. The molecule has 1 rings (SSSR count). The minimum Gasteiger partial charge on any atom is -0.311 e. The highest BCUT2D eigenvalue weighted by molar-refractivity contribution is 5.01. The van der Waals surface area contributed by atoms with Crippen molar-refractivity contribution in [2.24, 2.45) is 13.0 Å². The van der Waals surface area contributed by atoms with Crippen LogP contribution in [0.4, 0.5) is 0 Å². The predicted octanol–water partition coefficient (Wildman–Crippen LogP) is 0.732. The van der Waals surface area contributed by atoms with Crippen LogP contribution in [0.5, 0.6) is 0 Å². The molecule has 4 heteroatoms. The van der Waals surface area contributed by atoms with Crippen LogP contribution in [0.15, 0.2) is 6.20 Å². The molecule has 1 N–H and O–H groups in total. The van der Waals surface area contributed by atoms with Gasteiger partial charge >= 0.3 is 0 Å². The van der Waals surface area contributed by atoms with Crippen molar-refractivity contribution in [3.05, 3.63) is 11.9 Å². The Hall–Kier alpha value is -0.900. The fourth-order valence-electron chi connectivity index (χ4n) is 1.33. The third-order valence-corrected chi connectivity index (χ3v) is 1.92. The highest BCUT2D eigenvalue weighted by atomic mass is 15.4. The first-order valence-corrected chi connectivity index (χ1v) is 4.18. The van der Waals surface area contributed by atoms with Gasteiger partial charge in [0.2, 0.25) is 0 Å². The Morgan fingerprint density at radius 3 is 2.50 bits per heavy atom. The molecule has 0 fully saturated rings. The van der Waals surface area contributed by atoms with Crippen LogP contribution in [-0.4, -0.2) is 22.0 Å². The number of hydrogen-bond donors (Lipinski definition) is 1. The second kappa shape index (κ2) is 3.67. The van der Waals surface area contributed by atoms with E-state index in [-0.39, 0.29) is 0 Å². The molecule has 0 aromatic carbocycles. The Balaban J connectivity index is 2.80. The van der Waals surface area contributed by atoms with Gasteiger partial charge in [0.1, 0.15) is 0 Å². The monoisotopic (exact) mass is 168 g/mol. The number of aromatic nitrogens is 3. The second-order valence-electron chi connectivity index (χ2n) is 3.33. The normalized spacial score (nSPS) is 13.8. The van der Waals surface area contributed by atoms with Gasteiger partial charge in [-0.25, -0.2) is 0 Å². The smallest absolute Gasteiger partial charge is 0.0998 e. The van der Waals surface area contributed by atoms with Crippen LogP contribution in [0.1, 0.15) is 25.6 Å². The van der Waals surface area contributed by atoms with Gasteiger partial charge in [-0.1, -0.05) is 19.1 Å². The van der Waals surface area contributed by atoms with Gasteiger partial charge < -0.3 is 5.32 Å². The Kier molecular flexibility index (Phi) is 2.81. The van der Waals surface area contributed by atoms with E-state index in [2.05, 4.69) is 29.5 Å². The summed E-state index contributed by atoms with van der Waals surface area (Å²) in [6.45, 7) is 4.33. The maximum Gasteiger partial charge on any atom is 0.0998 e. The number of nitrogens with one attached hydrogen (secondary N) is 1. The molecule has 1 heterocycles. The first kappa shape index (κ1) is 9.19. The Morgan fingerprint density at radius 1 is 1.50 bits per heavy atom. The van der Waals surface area contributed by atoms with Crippen molar-refractivity contribution in [3.8, 4) is 0 Å². The number of rotatable bonds is 3. The summed E-state index contributed by atoms with van der Waals surface area (Å²) < 4.78 is 1.72. The van der Waals surface area contributed by atoms with Crippen LogP contribution in [0, 0.1) is 5.92 Å². The van der Waals surface area contributed by atoms with Crippen LogP contribution in [0.2, 0.25) is 0 Å². The quantitative estimate of drug-likeness (QED) is 0.723. The van der Waals surface area contributed by atoms with Crippen molar-refractivity contribution in [2.45, 2.75) is 19.9 Å². The number of aryl methyl sites for hydroxylation is 1. The van der Waals surface area contributed by atoms with Gasteiger partial charge in [0, 0.05) is 13.2 Å². The fourth-order valence-corrected chi connectivity index (χ4v) is 1.33. The van der Waals surface area contributed by atoms with Gasteiger partial charge in [-0.2, -0.15) is 0 Å². The Labute approximate surface area is 73.0 Å². The van der Waals surface area contributed by atoms with E-state index in [0.717, 1.165) is 5.69 Å². The minimum absolute atomic E-state index is 0.304. The molecule has 0 amide bonds. The molecular formula is C8H16N4. The maximum atomic E-state index is 4.06. The molecule has 0 saturated heterocycles. The van der Waals surface area contributed by atoms with Crippen LogP contribution in [0.3, 0.4) is 0 Å². The molecule has 68 valence electrons.